The third-order valence-corrected chi connectivity index (χ3v) is 3.89. The number of hydrogen-bond donors (Lipinski definition) is 3. The van der Waals surface area contributed by atoms with E-state index in [-0.39, 0.29) is 11.3 Å². The first kappa shape index (κ1) is 19.0. The molecule has 144 valence electrons. The van der Waals surface area contributed by atoms with Crippen LogP contribution in [0.4, 0.5) is 18.9 Å². The van der Waals surface area contributed by atoms with Crippen molar-refractivity contribution in [1.29, 1.82) is 0 Å². The van der Waals surface area contributed by atoms with Crippen molar-refractivity contribution >= 4 is 29.5 Å². The number of carboxylic acids is 1. The van der Waals surface area contributed by atoms with Crippen LogP contribution >= 0.6 is 0 Å². The van der Waals surface area contributed by atoms with E-state index in [9.17, 15) is 32.7 Å². The van der Waals surface area contributed by atoms with E-state index in [1.165, 1.54) is 12.1 Å². The third kappa shape index (κ3) is 3.52. The normalized spacial score (nSPS) is 15.8. The predicted molar refractivity (Wildman–Crippen MR) is 90.1 cm³/mol. The van der Waals surface area contributed by atoms with Gasteiger partial charge in [-0.15, -0.1) is 0 Å². The number of alkyl halides is 3. The van der Waals surface area contributed by atoms with E-state index >= 15 is 0 Å². The second kappa shape index (κ2) is 6.72. The molecule has 28 heavy (non-hydrogen) atoms. The highest BCUT2D eigenvalue weighted by Gasteiger charge is 2.36. The standard InChI is InChI=1S/C18H11F3N2O5/c19-18(20,21)10-2-1-3-11(8-10)23-16(26)13(15(25)22-23)7-9-4-5-14(24)12(6-9)17(27)28/h1-8,24H,(H,22,25)(H,27,28)/b13-7+. The number of benzene rings is 2. The highest BCUT2D eigenvalue weighted by atomic mass is 19.4. The van der Waals surface area contributed by atoms with Gasteiger partial charge in [0.05, 0.1) is 11.3 Å². The van der Waals surface area contributed by atoms with Gasteiger partial charge in [0.25, 0.3) is 11.8 Å². The summed E-state index contributed by atoms with van der Waals surface area (Å²) in [7, 11) is 0. The lowest BCUT2D eigenvalue weighted by Gasteiger charge is -2.16. The molecule has 3 N–H and O–H groups in total. The molecular weight excluding hydrogens is 381 g/mol. The lowest BCUT2D eigenvalue weighted by Crippen LogP contribution is -2.35. The van der Waals surface area contributed by atoms with E-state index in [1.54, 1.807) is 0 Å². The van der Waals surface area contributed by atoms with Crippen LogP contribution in [0.15, 0.2) is 48.0 Å². The Kier molecular flexibility index (Phi) is 4.55. The molecule has 1 heterocycles. The van der Waals surface area contributed by atoms with Crippen molar-refractivity contribution in [3.8, 4) is 5.75 Å². The zero-order valence-corrected chi connectivity index (χ0v) is 13.8. The summed E-state index contributed by atoms with van der Waals surface area (Å²) in [6, 6.07) is 7.27. The Morgan fingerprint density at radius 1 is 1.11 bits per heavy atom. The third-order valence-electron chi connectivity index (χ3n) is 3.89. The van der Waals surface area contributed by atoms with Crippen molar-refractivity contribution in [1.82, 2.24) is 5.43 Å². The van der Waals surface area contributed by atoms with Crippen LogP contribution in [-0.4, -0.2) is 28.0 Å². The van der Waals surface area contributed by atoms with Crippen molar-refractivity contribution in [3.63, 3.8) is 0 Å². The molecule has 1 aliphatic heterocycles. The van der Waals surface area contributed by atoms with Crippen LogP contribution in [0.2, 0.25) is 0 Å². The lowest BCUT2D eigenvalue weighted by molar-refractivity contribution is -0.137. The van der Waals surface area contributed by atoms with Crippen molar-refractivity contribution in [2.45, 2.75) is 6.18 Å². The minimum atomic E-state index is -4.62. The van der Waals surface area contributed by atoms with E-state index in [0.29, 0.717) is 11.1 Å². The van der Waals surface area contributed by atoms with Gasteiger partial charge in [-0.05, 0) is 42.0 Å². The number of rotatable bonds is 3. The Hall–Kier alpha value is -3.82. The number of hydrogen-bond acceptors (Lipinski definition) is 4. The highest BCUT2D eigenvalue weighted by molar-refractivity contribution is 6.31. The van der Waals surface area contributed by atoms with Crippen LogP contribution in [-0.2, 0) is 15.8 Å². The Bertz CT molecular complexity index is 1030. The highest BCUT2D eigenvalue weighted by Crippen LogP contribution is 2.32. The largest absolute Gasteiger partial charge is 0.507 e. The molecule has 1 saturated heterocycles. The molecule has 1 fully saturated rings. The van der Waals surface area contributed by atoms with Gasteiger partial charge in [-0.1, -0.05) is 12.1 Å². The zero-order chi connectivity index (χ0) is 20.6. The van der Waals surface area contributed by atoms with Gasteiger partial charge in [0.1, 0.15) is 16.9 Å². The van der Waals surface area contributed by atoms with Gasteiger partial charge in [-0.25, -0.2) is 9.80 Å². The molecule has 10 heteroatoms. The smallest absolute Gasteiger partial charge is 0.416 e. The molecule has 0 aliphatic carbocycles. The van der Waals surface area contributed by atoms with Crippen LogP contribution in [0.25, 0.3) is 6.08 Å². The number of carboxylic acid groups (broad SMARTS) is 1. The predicted octanol–water partition coefficient (Wildman–Crippen LogP) is 2.57. The van der Waals surface area contributed by atoms with Gasteiger partial charge >= 0.3 is 12.1 Å². The molecule has 0 unspecified atom stereocenters. The van der Waals surface area contributed by atoms with Crippen LogP contribution in [0.1, 0.15) is 21.5 Å². The first-order chi connectivity index (χ1) is 13.1. The van der Waals surface area contributed by atoms with Crippen LogP contribution in [0.3, 0.4) is 0 Å². The number of carbonyl (C=O) groups is 3. The molecule has 0 saturated carbocycles. The summed E-state index contributed by atoms with van der Waals surface area (Å²) in [5.41, 5.74) is 0.283. The fraction of sp³-hybridized carbons (Fsp3) is 0.0556. The van der Waals surface area contributed by atoms with Crippen LogP contribution in [0, 0.1) is 0 Å². The molecule has 2 aromatic carbocycles. The molecule has 3 rings (SSSR count). The summed E-state index contributed by atoms with van der Waals surface area (Å²) in [6.07, 6.45) is -3.54. The van der Waals surface area contributed by atoms with Crippen molar-refractivity contribution in [3.05, 3.63) is 64.7 Å². The summed E-state index contributed by atoms with van der Waals surface area (Å²) in [5.74, 6) is -3.69. The van der Waals surface area contributed by atoms with Gasteiger partial charge in [0.2, 0.25) is 0 Å². The summed E-state index contributed by atoms with van der Waals surface area (Å²) >= 11 is 0. The summed E-state index contributed by atoms with van der Waals surface area (Å²) in [6.45, 7) is 0. The van der Waals surface area contributed by atoms with E-state index in [1.807, 2.05) is 0 Å². The molecular formula is C18H11F3N2O5. The van der Waals surface area contributed by atoms with Gasteiger partial charge in [0.15, 0.2) is 0 Å². The van der Waals surface area contributed by atoms with Crippen LogP contribution in [0.5, 0.6) is 5.75 Å². The number of halogens is 3. The molecule has 0 spiro atoms. The fourth-order valence-corrected chi connectivity index (χ4v) is 2.54. The molecule has 2 aromatic rings. The Morgan fingerprint density at radius 2 is 1.82 bits per heavy atom. The second-order valence-corrected chi connectivity index (χ2v) is 5.77. The maximum absolute atomic E-state index is 12.9. The molecule has 0 atom stereocenters. The number of hydrazine groups is 1. The molecule has 1 aliphatic rings. The van der Waals surface area contributed by atoms with Crippen molar-refractivity contribution in [2.75, 3.05) is 5.01 Å². The summed E-state index contributed by atoms with van der Waals surface area (Å²) < 4.78 is 38.6. The summed E-state index contributed by atoms with van der Waals surface area (Å²) in [4.78, 5) is 35.7. The number of aromatic hydroxyl groups is 1. The Balaban J connectivity index is 1.96. The molecule has 0 bridgehead atoms. The van der Waals surface area contributed by atoms with E-state index in [4.69, 9.17) is 5.11 Å². The Morgan fingerprint density at radius 3 is 2.46 bits per heavy atom. The quantitative estimate of drug-likeness (QED) is 0.550. The van der Waals surface area contributed by atoms with Crippen molar-refractivity contribution in [2.24, 2.45) is 0 Å². The Labute approximate surface area is 155 Å². The van der Waals surface area contributed by atoms with E-state index in [2.05, 4.69) is 5.43 Å². The number of nitrogens with one attached hydrogen (secondary N) is 1. The monoisotopic (exact) mass is 392 g/mol. The number of phenols is 1. The molecule has 0 aromatic heterocycles. The van der Waals surface area contributed by atoms with Crippen molar-refractivity contribution < 1.29 is 37.8 Å². The van der Waals surface area contributed by atoms with Crippen LogP contribution < -0.4 is 10.4 Å². The maximum Gasteiger partial charge on any atom is 0.416 e. The number of carbonyl (C=O) groups excluding carboxylic acids is 2. The minimum Gasteiger partial charge on any atom is -0.507 e. The SMILES string of the molecule is O=C1NN(c2cccc(C(F)(F)F)c2)C(=O)/C1=C/c1ccc(O)c(C(=O)O)c1. The first-order valence-corrected chi connectivity index (χ1v) is 7.68. The summed E-state index contributed by atoms with van der Waals surface area (Å²) in [5, 5.41) is 19.2. The van der Waals surface area contributed by atoms with Gasteiger partial charge in [0, 0.05) is 0 Å². The second-order valence-electron chi connectivity index (χ2n) is 5.77. The van der Waals surface area contributed by atoms with Gasteiger partial charge < -0.3 is 10.2 Å². The molecule has 2 amide bonds. The molecule has 7 nitrogen and oxygen atoms in total. The van der Waals surface area contributed by atoms with Gasteiger partial charge in [-0.2, -0.15) is 13.2 Å². The topological polar surface area (TPSA) is 107 Å². The fourth-order valence-electron chi connectivity index (χ4n) is 2.54. The zero-order valence-electron chi connectivity index (χ0n) is 13.8. The first-order valence-electron chi connectivity index (χ1n) is 7.68. The van der Waals surface area contributed by atoms with E-state index in [0.717, 1.165) is 30.3 Å². The average molecular weight is 392 g/mol. The van der Waals surface area contributed by atoms with Gasteiger partial charge in [-0.3, -0.25) is 15.0 Å². The number of amides is 2. The molecule has 0 radical (unpaired) electrons. The average Bonchev–Trinajstić information content (AvgIpc) is 2.90. The number of aromatic carboxylic acids is 1. The van der Waals surface area contributed by atoms with E-state index < -0.39 is 46.4 Å². The minimum absolute atomic E-state index is 0.139. The lowest BCUT2D eigenvalue weighted by atomic mass is 10.1. The number of nitrogens with zero attached hydrogens (tertiary/aromatic N) is 1. The number of anilines is 1. The maximum atomic E-state index is 12.9.